The molecule has 2 heterocycles. The van der Waals surface area contributed by atoms with E-state index in [1.54, 1.807) is 23.1 Å². The van der Waals surface area contributed by atoms with Crippen molar-refractivity contribution in [3.63, 3.8) is 0 Å². The van der Waals surface area contributed by atoms with E-state index in [2.05, 4.69) is 22.2 Å². The molecule has 0 radical (unpaired) electrons. The maximum atomic E-state index is 5.40. The van der Waals surface area contributed by atoms with E-state index in [-0.39, 0.29) is 0 Å². The van der Waals surface area contributed by atoms with Gasteiger partial charge in [0.05, 0.1) is 24.4 Å². The Morgan fingerprint density at radius 1 is 1.24 bits per heavy atom. The van der Waals surface area contributed by atoms with Crippen LogP contribution in [0.1, 0.15) is 31.2 Å². The molecule has 0 unspecified atom stereocenters. The van der Waals surface area contributed by atoms with Crippen LogP contribution >= 0.6 is 11.3 Å². The van der Waals surface area contributed by atoms with Gasteiger partial charge in [-0.05, 0) is 12.8 Å². The monoisotopic (exact) mass is 310 g/mol. The van der Waals surface area contributed by atoms with Crippen molar-refractivity contribution in [3.8, 4) is 11.4 Å². The van der Waals surface area contributed by atoms with Crippen LogP contribution in [0, 0.1) is 0 Å². The minimum Gasteiger partial charge on any atom is -0.382 e. The van der Waals surface area contributed by atoms with Gasteiger partial charge in [-0.3, -0.25) is 0 Å². The predicted octanol–water partition coefficient (Wildman–Crippen LogP) is 2.75. The van der Waals surface area contributed by atoms with Crippen molar-refractivity contribution in [2.24, 2.45) is 0 Å². The number of rotatable bonds is 10. The third-order valence-corrected chi connectivity index (χ3v) is 3.91. The standard InChI is InChI=1S/C14H22N4O2S/c1-3-4-5-6-14-15-13(10-21-14)12-9-18(17-16-12)11-20-8-7-19-2/h9-10H,3-8,11H2,1-2H3. The van der Waals surface area contributed by atoms with Gasteiger partial charge in [0.15, 0.2) is 0 Å². The fraction of sp³-hybridized carbons (Fsp3) is 0.643. The molecule has 0 N–H and O–H groups in total. The number of hydrogen-bond acceptors (Lipinski definition) is 6. The Balaban J connectivity index is 1.85. The lowest BCUT2D eigenvalue weighted by Crippen LogP contribution is -2.07. The Kier molecular flexibility index (Phi) is 6.78. The highest BCUT2D eigenvalue weighted by atomic mass is 32.1. The van der Waals surface area contributed by atoms with Gasteiger partial charge < -0.3 is 9.47 Å². The molecule has 0 fully saturated rings. The minimum absolute atomic E-state index is 0.379. The van der Waals surface area contributed by atoms with Crippen LogP contribution in [0.3, 0.4) is 0 Å². The average molecular weight is 310 g/mol. The van der Waals surface area contributed by atoms with Crippen LogP contribution in [-0.2, 0) is 22.6 Å². The van der Waals surface area contributed by atoms with Gasteiger partial charge in [0, 0.05) is 12.5 Å². The number of ether oxygens (including phenoxy) is 2. The van der Waals surface area contributed by atoms with Crippen molar-refractivity contribution in [1.82, 2.24) is 20.0 Å². The van der Waals surface area contributed by atoms with Gasteiger partial charge in [0.2, 0.25) is 0 Å². The van der Waals surface area contributed by atoms with Crippen LogP contribution in [0.2, 0.25) is 0 Å². The van der Waals surface area contributed by atoms with E-state index in [0.29, 0.717) is 19.9 Å². The molecule has 6 nitrogen and oxygen atoms in total. The van der Waals surface area contributed by atoms with Crippen LogP contribution in [-0.4, -0.2) is 40.3 Å². The maximum Gasteiger partial charge on any atom is 0.141 e. The summed E-state index contributed by atoms with van der Waals surface area (Å²) in [5.74, 6) is 0. The largest absolute Gasteiger partial charge is 0.382 e. The number of methoxy groups -OCH3 is 1. The average Bonchev–Trinajstić information content (AvgIpc) is 3.13. The van der Waals surface area contributed by atoms with E-state index < -0.39 is 0 Å². The third kappa shape index (κ3) is 5.18. The van der Waals surface area contributed by atoms with Gasteiger partial charge in [-0.2, -0.15) is 0 Å². The lowest BCUT2D eigenvalue weighted by atomic mass is 10.2. The van der Waals surface area contributed by atoms with Gasteiger partial charge >= 0.3 is 0 Å². The first kappa shape index (κ1) is 16.1. The first-order chi connectivity index (χ1) is 10.3. The van der Waals surface area contributed by atoms with Gasteiger partial charge in [-0.1, -0.05) is 25.0 Å². The van der Waals surface area contributed by atoms with Gasteiger partial charge in [0.25, 0.3) is 0 Å². The molecule has 7 heteroatoms. The molecule has 0 atom stereocenters. The van der Waals surface area contributed by atoms with Gasteiger partial charge in [0.1, 0.15) is 18.1 Å². The first-order valence-electron chi connectivity index (χ1n) is 7.25. The second kappa shape index (κ2) is 8.86. The van der Waals surface area contributed by atoms with Gasteiger partial charge in [-0.25, -0.2) is 9.67 Å². The summed E-state index contributed by atoms with van der Waals surface area (Å²) in [7, 11) is 1.65. The quantitative estimate of drug-likeness (QED) is 0.631. The van der Waals surface area contributed by atoms with Crippen molar-refractivity contribution in [3.05, 3.63) is 16.6 Å². The smallest absolute Gasteiger partial charge is 0.141 e. The molecule has 0 amide bonds. The molecule has 0 aliphatic rings. The number of unbranched alkanes of at least 4 members (excludes halogenated alkanes) is 2. The van der Waals surface area contributed by atoms with Crippen molar-refractivity contribution < 1.29 is 9.47 Å². The summed E-state index contributed by atoms with van der Waals surface area (Å²) in [5, 5.41) is 11.4. The summed E-state index contributed by atoms with van der Waals surface area (Å²) in [4.78, 5) is 4.62. The van der Waals surface area contributed by atoms with Gasteiger partial charge in [-0.15, -0.1) is 16.4 Å². The molecule has 0 aliphatic carbocycles. The van der Waals surface area contributed by atoms with E-state index in [1.807, 2.05) is 11.6 Å². The maximum absolute atomic E-state index is 5.40. The number of thiazole rings is 1. The second-order valence-corrected chi connectivity index (χ2v) is 5.70. The summed E-state index contributed by atoms with van der Waals surface area (Å²) in [5.41, 5.74) is 1.69. The summed E-state index contributed by atoms with van der Waals surface area (Å²) < 4.78 is 12.0. The van der Waals surface area contributed by atoms with E-state index in [1.165, 1.54) is 24.3 Å². The molecule has 0 aliphatic heterocycles. The van der Waals surface area contributed by atoms with Crippen LogP contribution < -0.4 is 0 Å². The topological polar surface area (TPSA) is 62.1 Å². The normalized spacial score (nSPS) is 11.1. The summed E-state index contributed by atoms with van der Waals surface area (Å²) in [6, 6.07) is 0. The fourth-order valence-corrected chi connectivity index (χ4v) is 2.68. The summed E-state index contributed by atoms with van der Waals surface area (Å²) in [6.07, 6.45) is 6.59. The zero-order valence-electron chi connectivity index (χ0n) is 12.6. The lowest BCUT2D eigenvalue weighted by molar-refractivity contribution is 0.0281. The Morgan fingerprint density at radius 3 is 2.95 bits per heavy atom. The first-order valence-corrected chi connectivity index (χ1v) is 8.13. The van der Waals surface area contributed by atoms with E-state index in [9.17, 15) is 0 Å². The molecule has 116 valence electrons. The highest BCUT2D eigenvalue weighted by Crippen LogP contribution is 2.21. The van der Waals surface area contributed by atoms with Crippen LogP contribution in [0.15, 0.2) is 11.6 Å². The SMILES string of the molecule is CCCCCc1nc(-c2cn(COCCOC)nn2)cs1. The molecule has 0 bridgehead atoms. The molecular formula is C14H22N4O2S. The van der Waals surface area contributed by atoms with Crippen molar-refractivity contribution >= 4 is 11.3 Å². The zero-order chi connectivity index (χ0) is 14.9. The molecule has 0 aromatic carbocycles. The van der Waals surface area contributed by atoms with Crippen molar-refractivity contribution in [2.45, 2.75) is 39.3 Å². The second-order valence-electron chi connectivity index (χ2n) is 4.76. The Bertz CT molecular complexity index is 527. The highest BCUT2D eigenvalue weighted by Gasteiger charge is 2.08. The number of aryl methyl sites for hydroxylation is 1. The lowest BCUT2D eigenvalue weighted by Gasteiger charge is -2.01. The fourth-order valence-electron chi connectivity index (χ4n) is 1.85. The minimum atomic E-state index is 0.379. The van der Waals surface area contributed by atoms with Crippen molar-refractivity contribution in [2.75, 3.05) is 20.3 Å². The zero-order valence-corrected chi connectivity index (χ0v) is 13.4. The predicted molar refractivity (Wildman–Crippen MR) is 82.2 cm³/mol. The summed E-state index contributed by atoms with van der Waals surface area (Å²) in [6.45, 7) is 3.71. The molecular weight excluding hydrogens is 288 g/mol. The summed E-state index contributed by atoms with van der Waals surface area (Å²) >= 11 is 1.69. The highest BCUT2D eigenvalue weighted by molar-refractivity contribution is 7.09. The Labute approximate surface area is 129 Å². The van der Waals surface area contributed by atoms with E-state index >= 15 is 0 Å². The Morgan fingerprint density at radius 2 is 2.14 bits per heavy atom. The number of hydrogen-bond donors (Lipinski definition) is 0. The number of nitrogens with zero attached hydrogens (tertiary/aromatic N) is 4. The molecule has 0 saturated carbocycles. The molecule has 21 heavy (non-hydrogen) atoms. The van der Waals surface area contributed by atoms with Crippen molar-refractivity contribution in [1.29, 1.82) is 0 Å². The van der Waals surface area contributed by atoms with E-state index in [0.717, 1.165) is 17.8 Å². The number of aromatic nitrogens is 4. The molecule has 2 aromatic rings. The molecule has 2 aromatic heterocycles. The third-order valence-electron chi connectivity index (χ3n) is 3.00. The molecule has 2 rings (SSSR count). The van der Waals surface area contributed by atoms with Crippen LogP contribution in [0.25, 0.3) is 11.4 Å². The molecule has 0 spiro atoms. The van der Waals surface area contributed by atoms with Crippen LogP contribution in [0.4, 0.5) is 0 Å². The molecule has 0 saturated heterocycles. The Hall–Kier alpha value is -1.31. The van der Waals surface area contributed by atoms with Crippen LogP contribution in [0.5, 0.6) is 0 Å². The van der Waals surface area contributed by atoms with E-state index in [4.69, 9.17) is 9.47 Å².